The van der Waals surface area contributed by atoms with Crippen LogP contribution in [0, 0.1) is 0 Å². The van der Waals surface area contributed by atoms with Gasteiger partial charge in [0, 0.05) is 11.8 Å². The van der Waals surface area contributed by atoms with Crippen LogP contribution in [-0.2, 0) is 6.42 Å². The smallest absolute Gasteiger partial charge is 0.250 e. The molecule has 0 aliphatic rings. The van der Waals surface area contributed by atoms with Gasteiger partial charge in [-0.2, -0.15) is 13.2 Å². The van der Waals surface area contributed by atoms with Crippen LogP contribution in [0.4, 0.5) is 13.2 Å². The Morgan fingerprint density at radius 1 is 0.944 bits per heavy atom. The maximum Gasteiger partial charge on any atom is 0.389 e. The summed E-state index contributed by atoms with van der Waals surface area (Å²) in [6, 6.07) is 0. The van der Waals surface area contributed by atoms with Crippen molar-refractivity contribution < 1.29 is 13.2 Å². The number of alkyl halides is 3. The summed E-state index contributed by atoms with van der Waals surface area (Å²) in [6.45, 7) is 0. The molecule has 0 aliphatic heterocycles. The zero-order chi connectivity index (χ0) is 13.3. The highest BCUT2D eigenvalue weighted by atomic mass is 32.1. The Morgan fingerprint density at radius 3 is 2.11 bits per heavy atom. The standard InChI is InChI=1S/C13H20F3NS/c14-13(15,16)9-7-5-3-1-2-4-6-8-12-10-18-11-17-12/h10-11H,1-9H2. The number of halogens is 3. The van der Waals surface area contributed by atoms with Gasteiger partial charge in [-0.25, -0.2) is 4.98 Å². The zero-order valence-corrected chi connectivity index (χ0v) is 11.3. The second-order valence-corrected chi connectivity index (χ2v) is 5.29. The molecule has 18 heavy (non-hydrogen) atoms. The third-order valence-corrected chi connectivity index (χ3v) is 3.51. The van der Waals surface area contributed by atoms with Gasteiger partial charge in [0.05, 0.1) is 11.2 Å². The molecule has 0 N–H and O–H groups in total. The van der Waals surface area contributed by atoms with Gasteiger partial charge in [0.25, 0.3) is 0 Å². The molecule has 0 saturated carbocycles. The molecule has 0 radical (unpaired) electrons. The van der Waals surface area contributed by atoms with Gasteiger partial charge < -0.3 is 0 Å². The monoisotopic (exact) mass is 279 g/mol. The lowest BCUT2D eigenvalue weighted by molar-refractivity contribution is -0.135. The average Bonchev–Trinajstić information content (AvgIpc) is 2.78. The highest BCUT2D eigenvalue weighted by Gasteiger charge is 2.25. The summed E-state index contributed by atoms with van der Waals surface area (Å²) in [5.41, 5.74) is 3.00. The minimum absolute atomic E-state index is 0.280. The number of unbranched alkanes of at least 4 members (excludes halogenated alkanes) is 6. The van der Waals surface area contributed by atoms with E-state index in [1.54, 1.807) is 11.3 Å². The van der Waals surface area contributed by atoms with E-state index in [-0.39, 0.29) is 6.42 Å². The van der Waals surface area contributed by atoms with Crippen LogP contribution in [0.25, 0.3) is 0 Å². The molecular formula is C13H20F3NS. The van der Waals surface area contributed by atoms with E-state index in [4.69, 9.17) is 0 Å². The fourth-order valence-corrected chi connectivity index (χ4v) is 2.47. The van der Waals surface area contributed by atoms with Crippen LogP contribution >= 0.6 is 11.3 Å². The summed E-state index contributed by atoms with van der Waals surface area (Å²) < 4.78 is 35.6. The van der Waals surface area contributed by atoms with E-state index in [2.05, 4.69) is 10.4 Å². The Balaban J connectivity index is 1.82. The molecule has 0 amide bonds. The van der Waals surface area contributed by atoms with Crippen LogP contribution in [0.5, 0.6) is 0 Å². The van der Waals surface area contributed by atoms with Crippen LogP contribution in [0.1, 0.15) is 57.1 Å². The molecule has 0 saturated heterocycles. The minimum Gasteiger partial charge on any atom is -0.250 e. The molecule has 0 aliphatic carbocycles. The summed E-state index contributed by atoms with van der Waals surface area (Å²) in [4.78, 5) is 4.21. The van der Waals surface area contributed by atoms with Crippen molar-refractivity contribution in [2.45, 2.75) is 64.0 Å². The molecule has 0 unspecified atom stereocenters. The molecule has 5 heteroatoms. The largest absolute Gasteiger partial charge is 0.389 e. The molecule has 0 bridgehead atoms. The van der Waals surface area contributed by atoms with E-state index in [1.165, 1.54) is 0 Å². The summed E-state index contributed by atoms with van der Waals surface area (Å²) in [5, 5.41) is 2.07. The molecule has 104 valence electrons. The van der Waals surface area contributed by atoms with Crippen LogP contribution < -0.4 is 0 Å². The molecule has 1 heterocycles. The summed E-state index contributed by atoms with van der Waals surface area (Å²) in [6.07, 6.45) is 2.77. The highest BCUT2D eigenvalue weighted by molar-refractivity contribution is 7.07. The lowest BCUT2D eigenvalue weighted by Gasteiger charge is -2.05. The van der Waals surface area contributed by atoms with Crippen molar-refractivity contribution in [1.82, 2.24) is 4.98 Å². The first kappa shape index (κ1) is 15.5. The average molecular weight is 279 g/mol. The van der Waals surface area contributed by atoms with Crippen LogP contribution in [-0.4, -0.2) is 11.2 Å². The van der Waals surface area contributed by atoms with Crippen molar-refractivity contribution in [3.8, 4) is 0 Å². The number of hydrogen-bond acceptors (Lipinski definition) is 2. The van der Waals surface area contributed by atoms with Gasteiger partial charge in [0.2, 0.25) is 0 Å². The molecule has 1 aromatic rings. The van der Waals surface area contributed by atoms with E-state index >= 15 is 0 Å². The molecule has 0 aromatic carbocycles. The van der Waals surface area contributed by atoms with Gasteiger partial charge in [0.15, 0.2) is 0 Å². The van der Waals surface area contributed by atoms with Gasteiger partial charge in [0.1, 0.15) is 0 Å². The van der Waals surface area contributed by atoms with E-state index < -0.39 is 12.6 Å². The topological polar surface area (TPSA) is 12.9 Å². The van der Waals surface area contributed by atoms with Gasteiger partial charge >= 0.3 is 6.18 Å². The van der Waals surface area contributed by atoms with Gasteiger partial charge in [-0.05, 0) is 19.3 Å². The maximum atomic E-state index is 11.9. The second-order valence-electron chi connectivity index (χ2n) is 4.57. The first-order valence-corrected chi connectivity index (χ1v) is 7.46. The number of aryl methyl sites for hydroxylation is 1. The fourth-order valence-electron chi connectivity index (χ4n) is 1.88. The zero-order valence-electron chi connectivity index (χ0n) is 10.5. The summed E-state index contributed by atoms with van der Waals surface area (Å²) >= 11 is 1.62. The molecule has 1 rings (SSSR count). The van der Waals surface area contributed by atoms with Gasteiger partial charge in [-0.1, -0.05) is 32.1 Å². The van der Waals surface area contributed by atoms with Crippen molar-refractivity contribution in [2.24, 2.45) is 0 Å². The lowest BCUT2D eigenvalue weighted by Crippen LogP contribution is -2.06. The number of hydrogen-bond donors (Lipinski definition) is 0. The van der Waals surface area contributed by atoms with Crippen molar-refractivity contribution in [1.29, 1.82) is 0 Å². The Bertz CT molecular complexity index is 296. The minimum atomic E-state index is -3.98. The Hall–Kier alpha value is -0.580. The SMILES string of the molecule is FC(F)(F)CCCCCCCCCc1cscn1. The fraction of sp³-hybridized carbons (Fsp3) is 0.769. The van der Waals surface area contributed by atoms with Crippen LogP contribution in [0.2, 0.25) is 0 Å². The third kappa shape index (κ3) is 8.50. The molecule has 1 nitrogen and oxygen atoms in total. The Morgan fingerprint density at radius 2 is 1.56 bits per heavy atom. The van der Waals surface area contributed by atoms with E-state index in [9.17, 15) is 13.2 Å². The Labute approximate surface area is 110 Å². The molecule has 0 spiro atoms. The predicted octanol–water partition coefficient (Wildman–Crippen LogP) is 5.37. The second kappa shape index (κ2) is 8.51. The Kier molecular flexibility index (Phi) is 7.32. The highest BCUT2D eigenvalue weighted by Crippen LogP contribution is 2.23. The predicted molar refractivity (Wildman–Crippen MR) is 68.8 cm³/mol. The van der Waals surface area contributed by atoms with Gasteiger partial charge in [-0.3, -0.25) is 0 Å². The van der Waals surface area contributed by atoms with Crippen LogP contribution in [0.15, 0.2) is 10.9 Å². The van der Waals surface area contributed by atoms with E-state index in [0.717, 1.165) is 44.2 Å². The maximum absolute atomic E-state index is 11.9. The number of nitrogens with zero attached hydrogens (tertiary/aromatic N) is 1. The van der Waals surface area contributed by atoms with Crippen molar-refractivity contribution in [3.63, 3.8) is 0 Å². The van der Waals surface area contributed by atoms with Crippen molar-refractivity contribution in [2.75, 3.05) is 0 Å². The molecule has 0 atom stereocenters. The third-order valence-electron chi connectivity index (χ3n) is 2.88. The van der Waals surface area contributed by atoms with Crippen molar-refractivity contribution in [3.05, 3.63) is 16.6 Å². The normalized spacial score (nSPS) is 11.9. The lowest BCUT2D eigenvalue weighted by atomic mass is 10.1. The summed E-state index contributed by atoms with van der Waals surface area (Å²) in [7, 11) is 0. The number of rotatable bonds is 9. The first-order chi connectivity index (χ1) is 8.58. The molecular weight excluding hydrogens is 259 g/mol. The van der Waals surface area contributed by atoms with Crippen molar-refractivity contribution >= 4 is 11.3 Å². The summed E-state index contributed by atoms with van der Waals surface area (Å²) in [5.74, 6) is 0. The molecule has 1 aromatic heterocycles. The number of thiazole rings is 1. The van der Waals surface area contributed by atoms with E-state index in [1.807, 2.05) is 5.51 Å². The first-order valence-electron chi connectivity index (χ1n) is 6.52. The number of aromatic nitrogens is 1. The van der Waals surface area contributed by atoms with Gasteiger partial charge in [-0.15, -0.1) is 11.3 Å². The van der Waals surface area contributed by atoms with Crippen LogP contribution in [0.3, 0.4) is 0 Å². The van der Waals surface area contributed by atoms with E-state index in [0.29, 0.717) is 6.42 Å². The quantitative estimate of drug-likeness (QED) is 0.554. The molecule has 0 fully saturated rings.